The van der Waals surface area contributed by atoms with Crippen LogP contribution in [0.25, 0.3) is 0 Å². The van der Waals surface area contributed by atoms with Gasteiger partial charge in [0.15, 0.2) is 12.2 Å². The van der Waals surface area contributed by atoms with E-state index < -0.39 is 97.5 Å². The number of ether oxygens (including phenoxy) is 4. The van der Waals surface area contributed by atoms with Crippen molar-refractivity contribution in [1.29, 1.82) is 0 Å². The van der Waals surface area contributed by atoms with E-state index in [1.54, 1.807) is 0 Å². The summed E-state index contributed by atoms with van der Waals surface area (Å²) in [7, 11) is -9.91. The summed E-state index contributed by atoms with van der Waals surface area (Å²) in [4.78, 5) is 72.7. The summed E-state index contributed by atoms with van der Waals surface area (Å²) in [5.41, 5.74) is 0. The fourth-order valence-electron chi connectivity index (χ4n) is 11.7. The van der Waals surface area contributed by atoms with Crippen LogP contribution >= 0.6 is 15.6 Å². The molecule has 17 nitrogen and oxygen atoms in total. The maximum Gasteiger partial charge on any atom is 0.472 e. The van der Waals surface area contributed by atoms with Crippen LogP contribution in [-0.2, 0) is 65.4 Å². The summed E-state index contributed by atoms with van der Waals surface area (Å²) in [5, 5.41) is 10.6. The van der Waals surface area contributed by atoms with Crippen LogP contribution in [0.5, 0.6) is 0 Å². The van der Waals surface area contributed by atoms with Crippen LogP contribution in [0.1, 0.15) is 401 Å². The second kappa shape index (κ2) is 69.2. The van der Waals surface area contributed by atoms with E-state index in [0.29, 0.717) is 25.7 Å². The number of phosphoric ester groups is 2. The highest BCUT2D eigenvalue weighted by atomic mass is 31.2. The first-order valence-electron chi connectivity index (χ1n) is 39.6. The Balaban J connectivity index is 5.21. The van der Waals surface area contributed by atoms with E-state index in [-0.39, 0.29) is 25.7 Å². The number of unbranched alkanes of at least 4 members (excludes halogenated alkanes) is 48. The van der Waals surface area contributed by atoms with Crippen molar-refractivity contribution in [2.75, 3.05) is 39.6 Å². The number of hydrogen-bond donors (Lipinski definition) is 3. The summed E-state index contributed by atoms with van der Waals surface area (Å²) in [6.45, 7) is 7.30. The molecule has 0 aliphatic heterocycles. The van der Waals surface area contributed by atoms with Crippen molar-refractivity contribution in [3.63, 3.8) is 0 Å². The van der Waals surface area contributed by atoms with Gasteiger partial charge in [0, 0.05) is 25.7 Å². The van der Waals surface area contributed by atoms with Gasteiger partial charge in [0.1, 0.15) is 19.3 Å². The van der Waals surface area contributed by atoms with Crippen LogP contribution in [0.15, 0.2) is 0 Å². The van der Waals surface area contributed by atoms with Crippen LogP contribution in [0, 0.1) is 5.92 Å². The highest BCUT2D eigenvalue weighted by molar-refractivity contribution is 7.47. The molecule has 5 atom stereocenters. The number of esters is 4. The monoisotopic (exact) mass is 1400 g/mol. The van der Waals surface area contributed by atoms with Gasteiger partial charge in [-0.1, -0.05) is 349 Å². The lowest BCUT2D eigenvalue weighted by molar-refractivity contribution is -0.161. The molecule has 564 valence electrons. The highest BCUT2D eigenvalue weighted by Crippen LogP contribution is 2.45. The minimum absolute atomic E-state index is 0.107. The molecule has 0 aromatic rings. The van der Waals surface area contributed by atoms with Gasteiger partial charge < -0.3 is 33.8 Å². The van der Waals surface area contributed by atoms with Crippen molar-refractivity contribution in [2.24, 2.45) is 5.92 Å². The molecule has 0 aromatic heterocycles. The second-order valence-electron chi connectivity index (χ2n) is 27.9. The molecule has 0 aromatic carbocycles. The smallest absolute Gasteiger partial charge is 0.462 e. The summed E-state index contributed by atoms with van der Waals surface area (Å²) < 4.78 is 68.5. The first-order chi connectivity index (χ1) is 46.0. The molecule has 19 heteroatoms. The van der Waals surface area contributed by atoms with E-state index in [4.69, 9.17) is 37.0 Å². The lowest BCUT2D eigenvalue weighted by atomic mass is 10.0. The maximum absolute atomic E-state index is 13.1. The Hall–Kier alpha value is -1.94. The van der Waals surface area contributed by atoms with Crippen LogP contribution in [-0.4, -0.2) is 96.7 Å². The molecule has 3 N–H and O–H groups in total. The van der Waals surface area contributed by atoms with Crippen molar-refractivity contribution in [3.8, 4) is 0 Å². The Labute approximate surface area is 581 Å². The predicted molar refractivity (Wildman–Crippen MR) is 386 cm³/mol. The molecule has 0 heterocycles. The number of aliphatic hydroxyl groups is 1. The van der Waals surface area contributed by atoms with Gasteiger partial charge in [0.05, 0.1) is 26.4 Å². The van der Waals surface area contributed by atoms with Crippen molar-refractivity contribution < 1.29 is 80.2 Å². The summed E-state index contributed by atoms with van der Waals surface area (Å²) >= 11 is 0. The average molecular weight is 1400 g/mol. The fourth-order valence-corrected chi connectivity index (χ4v) is 13.3. The van der Waals surface area contributed by atoms with Crippen LogP contribution in [0.2, 0.25) is 0 Å². The standard InChI is InChI=1S/C76H148O17P2/c1-6-9-12-15-18-21-24-25-26-27-28-29-34-37-42-47-52-57-62-76(81)93-72(66-87-74(79)60-55-50-45-41-36-33-31-30-32-35-38-43-48-53-58-69(4)5)68-91-95(84,85)89-64-70(77)63-88-94(82,83)90-67-71(92-75(80)61-56-51-46-40-23-20-17-14-11-8-3)65-86-73(78)59-54-49-44-39-22-19-16-13-10-7-2/h69-72,77H,6-68H2,1-5H3,(H,82,83)(H,84,85)/t70-,71+,72+/m0/s1. The summed E-state index contributed by atoms with van der Waals surface area (Å²) in [6, 6.07) is 0. The fraction of sp³-hybridized carbons (Fsp3) is 0.947. The third kappa shape index (κ3) is 70.3. The number of hydrogen-bond acceptors (Lipinski definition) is 15. The van der Waals surface area contributed by atoms with E-state index in [2.05, 4.69) is 34.6 Å². The maximum atomic E-state index is 13.1. The van der Waals surface area contributed by atoms with Crippen molar-refractivity contribution in [1.82, 2.24) is 0 Å². The zero-order valence-electron chi connectivity index (χ0n) is 61.8. The molecule has 0 fully saturated rings. The van der Waals surface area contributed by atoms with Crippen molar-refractivity contribution in [2.45, 2.75) is 419 Å². The van der Waals surface area contributed by atoms with Gasteiger partial charge in [0.2, 0.25) is 0 Å². The van der Waals surface area contributed by atoms with Gasteiger partial charge in [-0.2, -0.15) is 0 Å². The molecule has 0 saturated carbocycles. The van der Waals surface area contributed by atoms with Gasteiger partial charge in [-0.25, -0.2) is 9.13 Å². The minimum Gasteiger partial charge on any atom is -0.462 e. The van der Waals surface area contributed by atoms with Gasteiger partial charge in [-0.3, -0.25) is 37.3 Å². The van der Waals surface area contributed by atoms with E-state index >= 15 is 0 Å². The van der Waals surface area contributed by atoms with Crippen LogP contribution in [0.4, 0.5) is 0 Å². The normalized spacial score (nSPS) is 13.9. The second-order valence-corrected chi connectivity index (χ2v) is 30.8. The first kappa shape index (κ1) is 93.1. The summed E-state index contributed by atoms with van der Waals surface area (Å²) in [5.74, 6) is -1.31. The molecule has 0 saturated heterocycles. The number of carbonyl (C=O) groups is 4. The SMILES string of the molecule is CCCCCCCCCCCCCCCCCCCCC(=O)O[C@H](COC(=O)CCCCCCCCCCCCCCCCC(C)C)COP(=O)(O)OC[C@@H](O)COP(=O)(O)OC[C@@H](COC(=O)CCCCCCCCCCCC)OC(=O)CCCCCCCCCCCC. The Morgan fingerprint density at radius 1 is 0.284 bits per heavy atom. The zero-order valence-corrected chi connectivity index (χ0v) is 63.6. The van der Waals surface area contributed by atoms with E-state index in [0.717, 1.165) is 95.8 Å². The zero-order chi connectivity index (χ0) is 69.8. The molecule has 2 unspecified atom stereocenters. The predicted octanol–water partition coefficient (Wildman–Crippen LogP) is 22.5. The summed E-state index contributed by atoms with van der Waals surface area (Å²) in [6.07, 6.45) is 58.2. The van der Waals surface area contributed by atoms with Gasteiger partial charge in [-0.05, 0) is 31.6 Å². The highest BCUT2D eigenvalue weighted by Gasteiger charge is 2.30. The topological polar surface area (TPSA) is 237 Å². The Bertz CT molecular complexity index is 1820. The third-order valence-electron chi connectivity index (χ3n) is 17.8. The molecule has 0 aliphatic rings. The Morgan fingerprint density at radius 3 is 0.716 bits per heavy atom. The average Bonchev–Trinajstić information content (AvgIpc) is 2.82. The molecule has 0 aliphatic carbocycles. The molecular formula is C76H148O17P2. The molecule has 95 heavy (non-hydrogen) atoms. The molecule has 0 radical (unpaired) electrons. The lowest BCUT2D eigenvalue weighted by Gasteiger charge is -2.21. The number of rotatable bonds is 76. The third-order valence-corrected chi connectivity index (χ3v) is 19.7. The molecule has 0 bridgehead atoms. The quantitative estimate of drug-likeness (QED) is 0.0222. The van der Waals surface area contributed by atoms with Gasteiger partial charge in [0.25, 0.3) is 0 Å². The first-order valence-corrected chi connectivity index (χ1v) is 42.6. The molecule has 0 rings (SSSR count). The van der Waals surface area contributed by atoms with Crippen molar-refractivity contribution >= 4 is 39.5 Å². The van der Waals surface area contributed by atoms with E-state index in [1.165, 1.54) is 225 Å². The van der Waals surface area contributed by atoms with Gasteiger partial charge in [-0.15, -0.1) is 0 Å². The number of carbonyl (C=O) groups excluding carboxylic acids is 4. The molecule has 0 spiro atoms. The number of phosphoric acid groups is 2. The van der Waals surface area contributed by atoms with Gasteiger partial charge >= 0.3 is 39.5 Å². The molecular weight excluding hydrogens is 1250 g/mol. The number of aliphatic hydroxyl groups excluding tert-OH is 1. The minimum atomic E-state index is -4.96. The largest absolute Gasteiger partial charge is 0.472 e. The lowest BCUT2D eigenvalue weighted by Crippen LogP contribution is -2.30. The van der Waals surface area contributed by atoms with E-state index in [9.17, 15) is 43.2 Å². The Kier molecular flexibility index (Phi) is 67.7. The molecule has 0 amide bonds. The van der Waals surface area contributed by atoms with Crippen LogP contribution < -0.4 is 0 Å². The Morgan fingerprint density at radius 2 is 0.484 bits per heavy atom. The van der Waals surface area contributed by atoms with Crippen LogP contribution in [0.3, 0.4) is 0 Å². The van der Waals surface area contributed by atoms with Crippen molar-refractivity contribution in [3.05, 3.63) is 0 Å². The van der Waals surface area contributed by atoms with E-state index in [1.807, 2.05) is 0 Å².